The summed E-state index contributed by atoms with van der Waals surface area (Å²) < 4.78 is 5.38. The lowest BCUT2D eigenvalue weighted by Gasteiger charge is -2.35. The number of nitrogens with one attached hydrogen (secondary N) is 3. The maximum Gasteiger partial charge on any atom is 0.408 e. The highest BCUT2D eigenvalue weighted by molar-refractivity contribution is 5.89. The Balaban J connectivity index is 1.62. The van der Waals surface area contributed by atoms with Crippen molar-refractivity contribution in [2.45, 2.75) is 91.0 Å². The van der Waals surface area contributed by atoms with E-state index in [1.807, 2.05) is 81.4 Å². The van der Waals surface area contributed by atoms with Crippen molar-refractivity contribution in [3.63, 3.8) is 0 Å². The lowest BCUT2D eigenvalue weighted by atomic mass is 9.93. The summed E-state index contributed by atoms with van der Waals surface area (Å²) in [6.07, 6.45) is 1.17. The maximum atomic E-state index is 13.4. The number of rotatable bonds is 11. The average Bonchev–Trinajstić information content (AvgIpc) is 2.96. The van der Waals surface area contributed by atoms with E-state index in [0.717, 1.165) is 11.1 Å². The first kappa shape index (κ1) is 33.6. The molecule has 3 atom stereocenters. The van der Waals surface area contributed by atoms with E-state index in [1.165, 1.54) is 0 Å². The van der Waals surface area contributed by atoms with Gasteiger partial charge in [0, 0.05) is 25.4 Å². The lowest BCUT2D eigenvalue weighted by Crippen LogP contribution is -2.54. The number of carbonyl (C=O) groups excluding carboxylic acids is 4. The number of carbonyl (C=O) groups is 4. The molecule has 1 saturated heterocycles. The molecular formula is C34H48N4O5. The monoisotopic (exact) mass is 592 g/mol. The van der Waals surface area contributed by atoms with Crippen molar-refractivity contribution in [2.75, 3.05) is 13.1 Å². The number of likely N-dealkylation sites (tertiary alicyclic amines) is 1. The molecule has 234 valence electrons. The van der Waals surface area contributed by atoms with Crippen LogP contribution < -0.4 is 16.0 Å². The fraction of sp³-hybridized carbons (Fsp3) is 0.529. The molecule has 0 aromatic heterocycles. The number of hydrogen-bond acceptors (Lipinski definition) is 5. The summed E-state index contributed by atoms with van der Waals surface area (Å²) in [6.45, 7) is 12.0. The smallest absolute Gasteiger partial charge is 0.408 e. The van der Waals surface area contributed by atoms with Gasteiger partial charge in [0.1, 0.15) is 17.7 Å². The van der Waals surface area contributed by atoms with Gasteiger partial charge in [0.05, 0.1) is 6.04 Å². The standard InChI is InChI=1S/C34H48N4O5/c1-23(2)21-29(37-33(42)43-34(4,5)6)32(41)38-19-17-27(18-20-38)30(39)36-28(22-25-13-9-7-10-14-25)31(40)35-24(3)26-15-11-8-12-16-26/h7-16,23-24,27-29H,17-22H2,1-6H3,(H,35,40)(H,36,39)(H,37,42)/t24?,28-,29-/m1/s1. The fourth-order valence-electron chi connectivity index (χ4n) is 5.21. The number of nitrogens with zero attached hydrogens (tertiary/aromatic N) is 1. The van der Waals surface area contributed by atoms with Gasteiger partial charge < -0.3 is 25.6 Å². The van der Waals surface area contributed by atoms with Crippen molar-refractivity contribution in [3.05, 3.63) is 71.8 Å². The molecule has 0 spiro atoms. The molecule has 1 unspecified atom stereocenters. The van der Waals surface area contributed by atoms with Gasteiger partial charge in [-0.1, -0.05) is 74.5 Å². The molecule has 9 nitrogen and oxygen atoms in total. The highest BCUT2D eigenvalue weighted by atomic mass is 16.6. The second-order valence-electron chi connectivity index (χ2n) is 12.8. The third kappa shape index (κ3) is 11.0. The molecule has 0 bridgehead atoms. The molecule has 1 aliphatic rings. The van der Waals surface area contributed by atoms with E-state index in [2.05, 4.69) is 16.0 Å². The van der Waals surface area contributed by atoms with Gasteiger partial charge in [-0.3, -0.25) is 14.4 Å². The van der Waals surface area contributed by atoms with E-state index >= 15 is 0 Å². The largest absolute Gasteiger partial charge is 0.444 e. The summed E-state index contributed by atoms with van der Waals surface area (Å²) >= 11 is 0. The van der Waals surface area contributed by atoms with E-state index in [-0.39, 0.29) is 35.6 Å². The van der Waals surface area contributed by atoms with Crippen molar-refractivity contribution in [1.29, 1.82) is 0 Å². The molecule has 43 heavy (non-hydrogen) atoms. The molecule has 0 saturated carbocycles. The second kappa shape index (κ2) is 15.5. The van der Waals surface area contributed by atoms with Crippen LogP contribution in [-0.4, -0.2) is 59.5 Å². The molecular weight excluding hydrogens is 544 g/mol. The van der Waals surface area contributed by atoms with Gasteiger partial charge in [0.2, 0.25) is 17.7 Å². The zero-order chi connectivity index (χ0) is 31.6. The van der Waals surface area contributed by atoms with Crippen LogP contribution in [0.3, 0.4) is 0 Å². The van der Waals surface area contributed by atoms with Crippen molar-refractivity contribution in [1.82, 2.24) is 20.9 Å². The minimum absolute atomic E-state index is 0.172. The highest BCUT2D eigenvalue weighted by Gasteiger charge is 2.34. The number of ether oxygens (including phenoxy) is 1. The van der Waals surface area contributed by atoms with Gasteiger partial charge in [0.25, 0.3) is 0 Å². The van der Waals surface area contributed by atoms with Crippen LogP contribution in [0.15, 0.2) is 60.7 Å². The van der Waals surface area contributed by atoms with Crippen molar-refractivity contribution < 1.29 is 23.9 Å². The first-order chi connectivity index (χ1) is 20.3. The highest BCUT2D eigenvalue weighted by Crippen LogP contribution is 2.21. The normalized spacial score (nSPS) is 16.1. The summed E-state index contributed by atoms with van der Waals surface area (Å²) in [4.78, 5) is 54.4. The van der Waals surface area contributed by atoms with Gasteiger partial charge in [0.15, 0.2) is 0 Å². The second-order valence-corrected chi connectivity index (χ2v) is 12.8. The molecule has 1 fully saturated rings. The minimum atomic E-state index is -0.742. The molecule has 3 N–H and O–H groups in total. The Kier molecular flexibility index (Phi) is 12.2. The molecule has 2 aromatic rings. The first-order valence-corrected chi connectivity index (χ1v) is 15.3. The first-order valence-electron chi connectivity index (χ1n) is 15.3. The quantitative estimate of drug-likeness (QED) is 0.348. The predicted octanol–water partition coefficient (Wildman–Crippen LogP) is 4.77. The van der Waals surface area contributed by atoms with E-state index in [4.69, 9.17) is 4.74 Å². The van der Waals surface area contributed by atoms with Crippen LogP contribution in [-0.2, 0) is 25.5 Å². The number of hydrogen-bond donors (Lipinski definition) is 3. The molecule has 4 amide bonds. The summed E-state index contributed by atoms with van der Waals surface area (Å²) in [5.74, 6) is -0.754. The zero-order valence-electron chi connectivity index (χ0n) is 26.4. The van der Waals surface area contributed by atoms with E-state index < -0.39 is 23.8 Å². The lowest BCUT2D eigenvalue weighted by molar-refractivity contribution is -0.138. The van der Waals surface area contributed by atoms with Gasteiger partial charge in [-0.05, 0) is 64.0 Å². The minimum Gasteiger partial charge on any atom is -0.444 e. The third-order valence-corrected chi connectivity index (χ3v) is 7.45. The Labute approximate surface area is 256 Å². The van der Waals surface area contributed by atoms with Crippen molar-refractivity contribution in [2.24, 2.45) is 11.8 Å². The SMILES string of the molecule is CC(C)C[C@@H](NC(=O)OC(C)(C)C)C(=O)N1CCC(C(=O)N[C@H](Cc2ccccc2)C(=O)NC(C)c2ccccc2)CC1. The molecule has 0 aliphatic carbocycles. The molecule has 2 aromatic carbocycles. The Hall–Kier alpha value is -3.88. The summed E-state index contributed by atoms with van der Waals surface area (Å²) in [5, 5.41) is 8.81. The van der Waals surface area contributed by atoms with Gasteiger partial charge in [-0.25, -0.2) is 4.79 Å². The number of alkyl carbamates (subject to hydrolysis) is 1. The summed E-state index contributed by atoms with van der Waals surface area (Å²) in [7, 11) is 0. The molecule has 1 aliphatic heterocycles. The van der Waals surface area contributed by atoms with E-state index in [1.54, 1.807) is 25.7 Å². The van der Waals surface area contributed by atoms with Crippen LogP contribution in [0.4, 0.5) is 4.79 Å². The van der Waals surface area contributed by atoms with Crippen LogP contribution in [0.25, 0.3) is 0 Å². The Morgan fingerprint density at radius 2 is 1.42 bits per heavy atom. The number of amides is 4. The van der Waals surface area contributed by atoms with Crippen LogP contribution in [0.1, 0.15) is 78.0 Å². The third-order valence-electron chi connectivity index (χ3n) is 7.45. The van der Waals surface area contributed by atoms with E-state index in [9.17, 15) is 19.2 Å². The van der Waals surface area contributed by atoms with Gasteiger partial charge in [-0.15, -0.1) is 0 Å². The Morgan fingerprint density at radius 1 is 0.837 bits per heavy atom. The summed E-state index contributed by atoms with van der Waals surface area (Å²) in [5.41, 5.74) is 1.26. The van der Waals surface area contributed by atoms with Gasteiger partial charge >= 0.3 is 6.09 Å². The van der Waals surface area contributed by atoms with Crippen molar-refractivity contribution in [3.8, 4) is 0 Å². The van der Waals surface area contributed by atoms with Crippen LogP contribution in [0.2, 0.25) is 0 Å². The van der Waals surface area contributed by atoms with Crippen LogP contribution >= 0.6 is 0 Å². The average molecular weight is 593 g/mol. The molecule has 0 radical (unpaired) electrons. The summed E-state index contributed by atoms with van der Waals surface area (Å²) in [6, 6.07) is 17.7. The maximum absolute atomic E-state index is 13.4. The van der Waals surface area contributed by atoms with Crippen LogP contribution in [0.5, 0.6) is 0 Å². The zero-order valence-corrected chi connectivity index (χ0v) is 26.4. The Morgan fingerprint density at radius 3 is 1.98 bits per heavy atom. The number of piperidine rings is 1. The fourth-order valence-corrected chi connectivity index (χ4v) is 5.21. The molecule has 3 rings (SSSR count). The van der Waals surface area contributed by atoms with Gasteiger partial charge in [-0.2, -0.15) is 0 Å². The van der Waals surface area contributed by atoms with Crippen molar-refractivity contribution >= 4 is 23.8 Å². The molecule has 1 heterocycles. The topological polar surface area (TPSA) is 117 Å². The van der Waals surface area contributed by atoms with Crippen LogP contribution in [0, 0.1) is 11.8 Å². The van der Waals surface area contributed by atoms with E-state index in [0.29, 0.717) is 38.8 Å². The number of benzene rings is 2. The molecule has 9 heteroatoms. The predicted molar refractivity (Wildman–Crippen MR) is 167 cm³/mol. The Bertz CT molecular complexity index is 1200.